The van der Waals surface area contributed by atoms with Gasteiger partial charge in [-0.3, -0.25) is 0 Å². The van der Waals surface area contributed by atoms with E-state index in [1.165, 1.54) is 10.5 Å². The van der Waals surface area contributed by atoms with Gasteiger partial charge < -0.3 is 5.11 Å². The molecule has 1 atom stereocenters. The van der Waals surface area contributed by atoms with Crippen LogP contribution >= 0.6 is 11.8 Å². The van der Waals surface area contributed by atoms with Gasteiger partial charge in [-0.05, 0) is 48.6 Å². The summed E-state index contributed by atoms with van der Waals surface area (Å²) < 4.78 is 0. The van der Waals surface area contributed by atoms with Crippen LogP contribution in [0, 0.1) is 0 Å². The summed E-state index contributed by atoms with van der Waals surface area (Å²) >= 11 is 1.84. The lowest BCUT2D eigenvalue weighted by atomic mass is 9.93. The maximum Gasteiger partial charge on any atom is 0.336 e. The van der Waals surface area contributed by atoms with Gasteiger partial charge in [0, 0.05) is 10.1 Å². The number of thioether (sulfide) groups is 1. The quantitative estimate of drug-likeness (QED) is 0.876. The van der Waals surface area contributed by atoms with Gasteiger partial charge in [-0.1, -0.05) is 42.5 Å². The average Bonchev–Trinajstić information content (AvgIpc) is 2.56. The largest absolute Gasteiger partial charge is 0.478 e. The fourth-order valence-electron chi connectivity index (χ4n) is 2.98. The second kappa shape index (κ2) is 6.41. The highest BCUT2D eigenvalue weighted by Crippen LogP contribution is 2.42. The lowest BCUT2D eigenvalue weighted by molar-refractivity contribution is 0.0696. The van der Waals surface area contributed by atoms with Crippen LogP contribution in [0.5, 0.6) is 0 Å². The molecule has 1 aliphatic heterocycles. The van der Waals surface area contributed by atoms with Gasteiger partial charge in [0.1, 0.15) is 0 Å². The third-order valence-corrected chi connectivity index (χ3v) is 5.47. The molecule has 112 valence electrons. The van der Waals surface area contributed by atoms with Crippen LogP contribution < -0.4 is 0 Å². The predicted molar refractivity (Wildman–Crippen MR) is 91.5 cm³/mol. The first-order chi connectivity index (χ1) is 10.7. The standard InChI is InChI=1S/C19H18O2S/c1-2-14(15-8-4-5-9-16(15)19(20)21)18-12-11-13-7-3-6-10-17(13)22-18/h2-10,18H,11-12H2,1H3,(H,20,21). The number of hydrogen-bond acceptors (Lipinski definition) is 2. The fourth-order valence-corrected chi connectivity index (χ4v) is 4.39. The first-order valence-electron chi connectivity index (χ1n) is 7.44. The molecule has 0 amide bonds. The van der Waals surface area contributed by atoms with Crippen LogP contribution in [-0.4, -0.2) is 16.3 Å². The number of fused-ring (bicyclic) bond motifs is 1. The minimum Gasteiger partial charge on any atom is -0.478 e. The molecule has 0 aliphatic carbocycles. The Kier molecular flexibility index (Phi) is 4.34. The van der Waals surface area contributed by atoms with Gasteiger partial charge in [0.05, 0.1) is 5.56 Å². The Hall–Kier alpha value is -2.00. The molecule has 0 spiro atoms. The number of allylic oxidation sites excluding steroid dienone is 1. The summed E-state index contributed by atoms with van der Waals surface area (Å²) in [5.74, 6) is -0.865. The highest BCUT2D eigenvalue weighted by molar-refractivity contribution is 8.00. The zero-order chi connectivity index (χ0) is 15.5. The second-order valence-electron chi connectivity index (χ2n) is 5.35. The van der Waals surface area contributed by atoms with Gasteiger partial charge in [0.2, 0.25) is 0 Å². The minimum absolute atomic E-state index is 0.306. The van der Waals surface area contributed by atoms with Crippen molar-refractivity contribution in [3.8, 4) is 0 Å². The normalized spacial score (nSPS) is 17.9. The topological polar surface area (TPSA) is 37.3 Å². The second-order valence-corrected chi connectivity index (χ2v) is 6.59. The molecule has 2 nitrogen and oxygen atoms in total. The molecule has 0 bridgehead atoms. The molecule has 1 N–H and O–H groups in total. The smallest absolute Gasteiger partial charge is 0.336 e. The van der Waals surface area contributed by atoms with E-state index in [9.17, 15) is 9.90 Å². The van der Waals surface area contributed by atoms with Gasteiger partial charge in [0.15, 0.2) is 0 Å². The average molecular weight is 310 g/mol. The monoisotopic (exact) mass is 310 g/mol. The van der Waals surface area contributed by atoms with Gasteiger partial charge in [-0.25, -0.2) is 4.79 Å². The molecule has 0 radical (unpaired) electrons. The highest BCUT2D eigenvalue weighted by atomic mass is 32.2. The van der Waals surface area contributed by atoms with Crippen molar-refractivity contribution in [2.45, 2.75) is 29.9 Å². The molecule has 22 heavy (non-hydrogen) atoms. The first kappa shape index (κ1) is 14.9. The van der Waals surface area contributed by atoms with E-state index in [0.717, 1.165) is 24.0 Å². The predicted octanol–water partition coefficient (Wildman–Crippen LogP) is 4.90. The molecule has 0 saturated heterocycles. The summed E-state index contributed by atoms with van der Waals surface area (Å²) in [5, 5.41) is 9.74. The van der Waals surface area contributed by atoms with Crippen molar-refractivity contribution in [1.29, 1.82) is 0 Å². The number of rotatable bonds is 3. The van der Waals surface area contributed by atoms with Gasteiger partial charge in [-0.2, -0.15) is 0 Å². The van der Waals surface area contributed by atoms with Crippen LogP contribution in [0.1, 0.15) is 34.8 Å². The van der Waals surface area contributed by atoms with Crippen LogP contribution in [0.25, 0.3) is 5.57 Å². The third kappa shape index (κ3) is 2.81. The number of benzene rings is 2. The Morgan fingerprint density at radius 3 is 2.55 bits per heavy atom. The van der Waals surface area contributed by atoms with Crippen molar-refractivity contribution in [2.75, 3.05) is 0 Å². The van der Waals surface area contributed by atoms with Gasteiger partial charge in [0.25, 0.3) is 0 Å². The Balaban J connectivity index is 1.96. The minimum atomic E-state index is -0.865. The van der Waals surface area contributed by atoms with Crippen molar-refractivity contribution in [3.05, 3.63) is 71.3 Å². The number of carboxylic acids is 1. The van der Waals surface area contributed by atoms with E-state index in [1.54, 1.807) is 12.1 Å². The zero-order valence-corrected chi connectivity index (χ0v) is 13.3. The lowest BCUT2D eigenvalue weighted by Gasteiger charge is -2.27. The molecule has 1 unspecified atom stereocenters. The maximum absolute atomic E-state index is 11.5. The molecule has 1 heterocycles. The summed E-state index contributed by atoms with van der Waals surface area (Å²) in [6.45, 7) is 2.00. The number of carboxylic acid groups (broad SMARTS) is 1. The van der Waals surface area contributed by atoms with Gasteiger partial charge >= 0.3 is 5.97 Å². The van der Waals surface area contributed by atoms with Crippen LogP contribution in [0.2, 0.25) is 0 Å². The third-order valence-electron chi connectivity index (χ3n) is 4.04. The lowest BCUT2D eigenvalue weighted by Crippen LogP contribution is -2.15. The summed E-state index contributed by atoms with van der Waals surface area (Å²) in [5.41, 5.74) is 3.74. The Morgan fingerprint density at radius 2 is 1.82 bits per heavy atom. The maximum atomic E-state index is 11.5. The molecule has 0 fully saturated rings. The number of aromatic carboxylic acids is 1. The van der Waals surface area contributed by atoms with E-state index < -0.39 is 5.97 Å². The molecule has 3 rings (SSSR count). The summed E-state index contributed by atoms with van der Waals surface area (Å²) in [6, 6.07) is 15.8. The van der Waals surface area contributed by atoms with Crippen molar-refractivity contribution in [3.63, 3.8) is 0 Å². The van der Waals surface area contributed by atoms with Crippen molar-refractivity contribution in [1.82, 2.24) is 0 Å². The molecular formula is C19H18O2S. The van der Waals surface area contributed by atoms with E-state index in [1.807, 2.05) is 30.8 Å². The van der Waals surface area contributed by atoms with Gasteiger partial charge in [-0.15, -0.1) is 11.8 Å². The van der Waals surface area contributed by atoms with Crippen LogP contribution in [0.4, 0.5) is 0 Å². The van der Waals surface area contributed by atoms with Crippen molar-refractivity contribution in [2.24, 2.45) is 0 Å². The summed E-state index contributed by atoms with van der Waals surface area (Å²) in [6.07, 6.45) is 4.14. The molecule has 0 aromatic heterocycles. The SMILES string of the molecule is CC=C(c1ccccc1C(=O)O)C1CCc2ccccc2S1. The number of hydrogen-bond donors (Lipinski definition) is 1. The van der Waals surface area contributed by atoms with E-state index in [0.29, 0.717) is 10.8 Å². The van der Waals surface area contributed by atoms with E-state index in [-0.39, 0.29) is 0 Å². The molecule has 2 aromatic rings. The first-order valence-corrected chi connectivity index (χ1v) is 8.32. The number of carbonyl (C=O) groups is 1. The Labute approximate surface area is 134 Å². The van der Waals surface area contributed by atoms with E-state index >= 15 is 0 Å². The van der Waals surface area contributed by atoms with Crippen LogP contribution in [0.15, 0.2) is 59.5 Å². The van der Waals surface area contributed by atoms with E-state index in [2.05, 4.69) is 30.3 Å². The van der Waals surface area contributed by atoms with Crippen molar-refractivity contribution < 1.29 is 9.90 Å². The summed E-state index contributed by atoms with van der Waals surface area (Å²) in [7, 11) is 0. The zero-order valence-electron chi connectivity index (χ0n) is 12.5. The fraction of sp³-hybridized carbons (Fsp3) is 0.211. The molecule has 0 saturated carbocycles. The van der Waals surface area contributed by atoms with Crippen LogP contribution in [0.3, 0.4) is 0 Å². The number of aryl methyl sites for hydroxylation is 1. The molecule has 1 aliphatic rings. The van der Waals surface area contributed by atoms with E-state index in [4.69, 9.17) is 0 Å². The Morgan fingerprint density at radius 1 is 1.14 bits per heavy atom. The van der Waals surface area contributed by atoms with Crippen molar-refractivity contribution >= 4 is 23.3 Å². The molecule has 3 heteroatoms. The molecular weight excluding hydrogens is 292 g/mol. The molecule has 2 aromatic carbocycles. The highest BCUT2D eigenvalue weighted by Gasteiger charge is 2.25. The summed E-state index contributed by atoms with van der Waals surface area (Å²) in [4.78, 5) is 12.8. The van der Waals surface area contributed by atoms with Crippen LogP contribution in [-0.2, 0) is 6.42 Å². The Bertz CT molecular complexity index is 734.